The van der Waals surface area contributed by atoms with E-state index < -0.39 is 10.0 Å². The summed E-state index contributed by atoms with van der Waals surface area (Å²) >= 11 is 5.79. The molecule has 1 atom stereocenters. The minimum atomic E-state index is -3.64. The van der Waals surface area contributed by atoms with Crippen LogP contribution >= 0.6 is 11.6 Å². The maximum atomic E-state index is 11.9. The monoisotopic (exact) mass is 288 g/mol. The predicted molar refractivity (Wildman–Crippen MR) is 67.8 cm³/mol. The van der Waals surface area contributed by atoms with Crippen LogP contribution in [0.5, 0.6) is 0 Å². The van der Waals surface area contributed by atoms with Crippen molar-refractivity contribution in [3.05, 3.63) is 28.8 Å². The lowest BCUT2D eigenvalue weighted by Gasteiger charge is -2.11. The van der Waals surface area contributed by atoms with E-state index in [1.807, 2.05) is 6.07 Å². The molecule has 0 saturated carbocycles. The molecule has 5 nitrogen and oxygen atoms in total. The molecule has 0 bridgehead atoms. The van der Waals surface area contributed by atoms with Crippen LogP contribution in [0.15, 0.2) is 23.1 Å². The number of nitrogens with one attached hydrogen (secondary N) is 1. The molecular weight excluding hydrogens is 276 g/mol. The zero-order chi connectivity index (χ0) is 13.8. The molecule has 1 aromatic rings. The topological polar surface area (TPSA) is 79.2 Å². The number of methoxy groups -OCH3 is 1. The van der Waals surface area contributed by atoms with Crippen LogP contribution in [0.25, 0.3) is 0 Å². The fraction of sp³-hybridized carbons (Fsp3) is 0.364. The molecule has 18 heavy (non-hydrogen) atoms. The highest BCUT2D eigenvalue weighted by Gasteiger charge is 2.16. The molecule has 1 N–H and O–H groups in total. The first-order valence-electron chi connectivity index (χ1n) is 5.13. The van der Waals surface area contributed by atoms with Gasteiger partial charge in [0.2, 0.25) is 10.0 Å². The van der Waals surface area contributed by atoms with E-state index in [1.54, 1.807) is 6.92 Å². The summed E-state index contributed by atoms with van der Waals surface area (Å²) in [6, 6.07) is 5.83. The van der Waals surface area contributed by atoms with Crippen molar-refractivity contribution >= 4 is 21.6 Å². The highest BCUT2D eigenvalue weighted by molar-refractivity contribution is 7.89. The van der Waals surface area contributed by atoms with E-state index in [2.05, 4.69) is 4.72 Å². The van der Waals surface area contributed by atoms with Gasteiger partial charge < -0.3 is 4.74 Å². The Morgan fingerprint density at radius 3 is 2.72 bits per heavy atom. The third-order valence-corrected chi connectivity index (χ3v) is 4.07. The first-order valence-corrected chi connectivity index (χ1v) is 6.99. The Kier molecular flexibility index (Phi) is 5.11. The summed E-state index contributed by atoms with van der Waals surface area (Å²) in [6.45, 7) is 1.91. The summed E-state index contributed by atoms with van der Waals surface area (Å²) in [5, 5.41) is 8.82. The molecule has 1 unspecified atom stereocenters. The molecule has 0 aliphatic rings. The number of nitriles is 1. The van der Waals surface area contributed by atoms with Crippen molar-refractivity contribution in [1.82, 2.24) is 4.72 Å². The molecule has 0 aromatic heterocycles. The Labute approximate surface area is 111 Å². The van der Waals surface area contributed by atoms with E-state index in [1.165, 1.54) is 25.3 Å². The first-order chi connectivity index (χ1) is 8.40. The van der Waals surface area contributed by atoms with E-state index in [4.69, 9.17) is 21.6 Å². The lowest BCUT2D eigenvalue weighted by molar-refractivity contribution is 0.122. The Morgan fingerprint density at radius 2 is 2.22 bits per heavy atom. The van der Waals surface area contributed by atoms with Crippen molar-refractivity contribution in [3.63, 3.8) is 0 Å². The van der Waals surface area contributed by atoms with Gasteiger partial charge in [-0.15, -0.1) is 0 Å². The van der Waals surface area contributed by atoms with E-state index >= 15 is 0 Å². The number of benzene rings is 1. The van der Waals surface area contributed by atoms with Crippen molar-refractivity contribution in [2.45, 2.75) is 17.9 Å². The van der Waals surface area contributed by atoms with Crippen molar-refractivity contribution < 1.29 is 13.2 Å². The highest BCUT2D eigenvalue weighted by atomic mass is 35.5. The number of rotatable bonds is 5. The Hall–Kier alpha value is -1.13. The molecule has 0 spiro atoms. The summed E-state index contributed by atoms with van der Waals surface area (Å²) in [7, 11) is -2.14. The molecule has 7 heteroatoms. The maximum absolute atomic E-state index is 11.9. The van der Waals surface area contributed by atoms with Gasteiger partial charge >= 0.3 is 0 Å². The summed E-state index contributed by atoms with van der Waals surface area (Å²) in [5.41, 5.74) is 0.237. The van der Waals surface area contributed by atoms with Crippen LogP contribution in [-0.4, -0.2) is 28.2 Å². The average Bonchev–Trinajstić information content (AvgIpc) is 2.35. The van der Waals surface area contributed by atoms with E-state index in [-0.39, 0.29) is 28.1 Å². The molecule has 0 amide bonds. The SMILES string of the molecule is COC(C)CNS(=O)(=O)c1ccc(C#N)c(Cl)c1. The van der Waals surface area contributed by atoms with Crippen molar-refractivity contribution in [1.29, 1.82) is 5.26 Å². The minimum Gasteiger partial charge on any atom is -0.380 e. The highest BCUT2D eigenvalue weighted by Crippen LogP contribution is 2.19. The second kappa shape index (κ2) is 6.16. The summed E-state index contributed by atoms with van der Waals surface area (Å²) < 4.78 is 31.1. The van der Waals surface area contributed by atoms with Crippen LogP contribution in [0.1, 0.15) is 12.5 Å². The van der Waals surface area contributed by atoms with Gasteiger partial charge in [0.15, 0.2) is 0 Å². The van der Waals surface area contributed by atoms with Crippen molar-refractivity contribution in [2.75, 3.05) is 13.7 Å². The van der Waals surface area contributed by atoms with Gasteiger partial charge in [0.25, 0.3) is 0 Å². The van der Waals surface area contributed by atoms with Gasteiger partial charge in [-0.25, -0.2) is 13.1 Å². The van der Waals surface area contributed by atoms with Crippen LogP contribution < -0.4 is 4.72 Å². The molecule has 0 radical (unpaired) electrons. The molecule has 1 aromatic carbocycles. The van der Waals surface area contributed by atoms with Gasteiger partial charge in [0.1, 0.15) is 6.07 Å². The number of hydrogen-bond acceptors (Lipinski definition) is 4. The number of nitrogens with zero attached hydrogens (tertiary/aromatic N) is 1. The molecule has 0 aliphatic carbocycles. The van der Waals surface area contributed by atoms with Crippen LogP contribution in [0.4, 0.5) is 0 Å². The number of sulfonamides is 1. The number of halogens is 1. The fourth-order valence-electron chi connectivity index (χ4n) is 1.15. The van der Waals surface area contributed by atoms with E-state index in [0.29, 0.717) is 0 Å². The van der Waals surface area contributed by atoms with Gasteiger partial charge in [0.05, 0.1) is 21.6 Å². The summed E-state index contributed by atoms with van der Waals surface area (Å²) in [5.74, 6) is 0. The van der Waals surface area contributed by atoms with Crippen molar-refractivity contribution in [3.8, 4) is 6.07 Å². The third kappa shape index (κ3) is 3.68. The minimum absolute atomic E-state index is 0.0230. The average molecular weight is 289 g/mol. The van der Waals surface area contributed by atoms with E-state index in [9.17, 15) is 8.42 Å². The quantitative estimate of drug-likeness (QED) is 0.891. The summed E-state index contributed by atoms with van der Waals surface area (Å²) in [4.78, 5) is 0.0230. The molecule has 0 saturated heterocycles. The standard InChI is InChI=1S/C11H13ClN2O3S/c1-8(17-2)7-14-18(15,16)10-4-3-9(6-13)11(12)5-10/h3-5,8,14H,7H2,1-2H3. The van der Waals surface area contributed by atoms with Gasteiger partial charge in [0, 0.05) is 13.7 Å². The molecule has 98 valence electrons. The van der Waals surface area contributed by atoms with E-state index in [0.717, 1.165) is 0 Å². The van der Waals surface area contributed by atoms with Gasteiger partial charge in [-0.3, -0.25) is 0 Å². The lowest BCUT2D eigenvalue weighted by atomic mass is 10.2. The van der Waals surface area contributed by atoms with Gasteiger partial charge in [-0.2, -0.15) is 5.26 Å². The smallest absolute Gasteiger partial charge is 0.240 e. The van der Waals surface area contributed by atoms with Crippen LogP contribution in [0, 0.1) is 11.3 Å². The van der Waals surface area contributed by atoms with Crippen LogP contribution in [0.3, 0.4) is 0 Å². The normalized spacial score (nSPS) is 13.0. The second-order valence-corrected chi connectivity index (χ2v) is 5.83. The fourth-order valence-corrected chi connectivity index (χ4v) is 2.58. The number of ether oxygens (including phenoxy) is 1. The molecule has 0 aliphatic heterocycles. The maximum Gasteiger partial charge on any atom is 0.240 e. The Bertz CT molecular complexity index is 566. The van der Waals surface area contributed by atoms with Gasteiger partial charge in [-0.05, 0) is 25.1 Å². The first kappa shape index (κ1) is 14.9. The zero-order valence-electron chi connectivity index (χ0n) is 9.97. The number of hydrogen-bond donors (Lipinski definition) is 1. The largest absolute Gasteiger partial charge is 0.380 e. The Balaban J connectivity index is 2.93. The molecule has 0 fully saturated rings. The third-order valence-electron chi connectivity index (χ3n) is 2.33. The Morgan fingerprint density at radius 1 is 1.56 bits per heavy atom. The lowest BCUT2D eigenvalue weighted by Crippen LogP contribution is -2.31. The molecular formula is C11H13ClN2O3S. The summed E-state index contributed by atoms with van der Waals surface area (Å²) in [6.07, 6.45) is -0.228. The van der Waals surface area contributed by atoms with Crippen LogP contribution in [0.2, 0.25) is 5.02 Å². The van der Waals surface area contributed by atoms with Gasteiger partial charge in [-0.1, -0.05) is 11.6 Å². The van der Waals surface area contributed by atoms with Crippen LogP contribution in [-0.2, 0) is 14.8 Å². The zero-order valence-corrected chi connectivity index (χ0v) is 11.5. The second-order valence-electron chi connectivity index (χ2n) is 3.65. The molecule has 1 rings (SSSR count). The molecule has 0 heterocycles. The predicted octanol–water partition coefficient (Wildman–Crippen LogP) is 1.52. The van der Waals surface area contributed by atoms with Crippen molar-refractivity contribution in [2.24, 2.45) is 0 Å².